The Morgan fingerprint density at radius 1 is 0.765 bits per heavy atom. The average Bonchev–Trinajstić information content (AvgIpc) is 2.80. The SMILES string of the molecule is CCCCCCCCCCCC(OS(=O)(=O)c1ccc(C)cc1)C(C)CC(F)CCCCCC. The first-order valence-electron chi connectivity index (χ1n) is 13.9. The molecule has 1 rings (SSSR count). The van der Waals surface area contributed by atoms with E-state index in [1.807, 2.05) is 13.8 Å². The molecule has 1 aromatic rings. The van der Waals surface area contributed by atoms with E-state index in [1.165, 1.54) is 44.9 Å². The van der Waals surface area contributed by atoms with Crippen molar-refractivity contribution in [2.45, 2.75) is 148 Å². The molecule has 0 aliphatic heterocycles. The van der Waals surface area contributed by atoms with E-state index in [9.17, 15) is 12.8 Å². The van der Waals surface area contributed by atoms with E-state index < -0.39 is 22.4 Å². The topological polar surface area (TPSA) is 43.4 Å². The Balaban J connectivity index is 2.62. The molecule has 0 heterocycles. The lowest BCUT2D eigenvalue weighted by Crippen LogP contribution is -2.27. The summed E-state index contributed by atoms with van der Waals surface area (Å²) < 4.78 is 46.3. The third-order valence-corrected chi connectivity index (χ3v) is 8.14. The van der Waals surface area contributed by atoms with Crippen LogP contribution in [0.1, 0.15) is 129 Å². The molecule has 0 aromatic heterocycles. The monoisotopic (exact) mass is 498 g/mol. The van der Waals surface area contributed by atoms with Crippen LogP contribution in [0, 0.1) is 12.8 Å². The predicted octanol–water partition coefficient (Wildman–Crippen LogP) is 9.32. The van der Waals surface area contributed by atoms with Crippen LogP contribution in [0.2, 0.25) is 0 Å². The van der Waals surface area contributed by atoms with Crippen molar-refractivity contribution in [1.29, 1.82) is 0 Å². The van der Waals surface area contributed by atoms with Crippen LogP contribution in [0.5, 0.6) is 0 Å². The first kappa shape index (κ1) is 31.1. The van der Waals surface area contributed by atoms with E-state index in [0.717, 1.165) is 44.1 Å². The fourth-order valence-electron chi connectivity index (χ4n) is 4.47. The highest BCUT2D eigenvalue weighted by molar-refractivity contribution is 7.86. The molecule has 5 heteroatoms. The fraction of sp³-hybridized carbons (Fsp3) is 0.793. The van der Waals surface area contributed by atoms with Crippen molar-refractivity contribution >= 4 is 10.1 Å². The van der Waals surface area contributed by atoms with Gasteiger partial charge in [0.2, 0.25) is 0 Å². The molecule has 198 valence electrons. The molecule has 0 saturated heterocycles. The summed E-state index contributed by atoms with van der Waals surface area (Å²) in [6, 6.07) is 6.75. The molecule has 1 aromatic carbocycles. The van der Waals surface area contributed by atoms with Gasteiger partial charge in [0.05, 0.1) is 11.0 Å². The normalized spacial score (nSPS) is 14.7. The lowest BCUT2D eigenvalue weighted by molar-refractivity contribution is 0.109. The molecule has 0 fully saturated rings. The lowest BCUT2D eigenvalue weighted by Gasteiger charge is -2.25. The fourth-order valence-corrected chi connectivity index (χ4v) is 5.66. The molecule has 0 radical (unpaired) electrons. The molecule has 34 heavy (non-hydrogen) atoms. The molecule has 0 aliphatic carbocycles. The molecule has 3 nitrogen and oxygen atoms in total. The van der Waals surface area contributed by atoms with Crippen LogP contribution >= 0.6 is 0 Å². The Bertz CT molecular complexity index is 717. The van der Waals surface area contributed by atoms with Crippen LogP contribution in [0.3, 0.4) is 0 Å². The van der Waals surface area contributed by atoms with Gasteiger partial charge in [0.1, 0.15) is 6.17 Å². The number of unbranched alkanes of at least 4 members (excludes halogenated alkanes) is 11. The van der Waals surface area contributed by atoms with Crippen molar-refractivity contribution in [3.63, 3.8) is 0 Å². The Hall–Kier alpha value is -0.940. The predicted molar refractivity (Wildman–Crippen MR) is 143 cm³/mol. The first-order chi connectivity index (χ1) is 16.3. The third kappa shape index (κ3) is 13.8. The molecular formula is C29H51FO3S. The van der Waals surface area contributed by atoms with Gasteiger partial charge in [-0.15, -0.1) is 0 Å². The van der Waals surface area contributed by atoms with Crippen molar-refractivity contribution in [3.05, 3.63) is 29.8 Å². The van der Waals surface area contributed by atoms with E-state index in [2.05, 4.69) is 13.8 Å². The standard InChI is InChI=1S/C29H51FO3S/c1-5-7-9-11-12-13-14-15-17-19-29(26(4)24-27(30)18-16-10-8-6-2)33-34(31,32)28-22-20-25(3)21-23-28/h20-23,26-27,29H,5-19,24H2,1-4H3. The largest absolute Gasteiger partial charge is 0.297 e. The van der Waals surface area contributed by atoms with Crippen LogP contribution in [0.4, 0.5) is 4.39 Å². The Kier molecular flexibility index (Phi) is 16.8. The summed E-state index contributed by atoms with van der Waals surface area (Å²) >= 11 is 0. The van der Waals surface area contributed by atoms with Gasteiger partial charge in [-0.2, -0.15) is 8.42 Å². The molecule has 0 bridgehead atoms. The van der Waals surface area contributed by atoms with Gasteiger partial charge in [-0.25, -0.2) is 4.39 Å². The van der Waals surface area contributed by atoms with Crippen LogP contribution in [-0.2, 0) is 14.3 Å². The zero-order valence-corrected chi connectivity index (χ0v) is 23.2. The second-order valence-corrected chi connectivity index (χ2v) is 11.8. The van der Waals surface area contributed by atoms with Crippen LogP contribution in [0.25, 0.3) is 0 Å². The Morgan fingerprint density at radius 2 is 1.24 bits per heavy atom. The van der Waals surface area contributed by atoms with Crippen LogP contribution < -0.4 is 0 Å². The summed E-state index contributed by atoms with van der Waals surface area (Å²) in [7, 11) is -3.86. The van der Waals surface area contributed by atoms with Gasteiger partial charge in [0.15, 0.2) is 0 Å². The van der Waals surface area contributed by atoms with E-state index >= 15 is 0 Å². The number of hydrogen-bond donors (Lipinski definition) is 0. The number of alkyl halides is 1. The molecule has 0 amide bonds. The van der Waals surface area contributed by atoms with Crippen LogP contribution in [0.15, 0.2) is 29.2 Å². The minimum absolute atomic E-state index is 0.143. The van der Waals surface area contributed by atoms with Crippen LogP contribution in [-0.4, -0.2) is 20.7 Å². The minimum Gasteiger partial charge on any atom is -0.263 e. The molecule has 0 spiro atoms. The minimum atomic E-state index is -3.86. The van der Waals surface area contributed by atoms with E-state index in [-0.39, 0.29) is 10.8 Å². The maximum Gasteiger partial charge on any atom is 0.297 e. The van der Waals surface area contributed by atoms with E-state index in [1.54, 1.807) is 24.3 Å². The lowest BCUT2D eigenvalue weighted by atomic mass is 9.92. The maximum absolute atomic E-state index is 14.7. The summed E-state index contributed by atoms with van der Waals surface area (Å²) in [5.41, 5.74) is 1.00. The molecular weight excluding hydrogens is 447 g/mol. The van der Waals surface area contributed by atoms with Gasteiger partial charge < -0.3 is 0 Å². The van der Waals surface area contributed by atoms with Crippen molar-refractivity contribution in [3.8, 4) is 0 Å². The third-order valence-electron chi connectivity index (χ3n) is 6.79. The van der Waals surface area contributed by atoms with Gasteiger partial charge in [-0.3, -0.25) is 4.18 Å². The zero-order valence-electron chi connectivity index (χ0n) is 22.4. The highest BCUT2D eigenvalue weighted by Gasteiger charge is 2.28. The molecule has 0 aliphatic rings. The summed E-state index contributed by atoms with van der Waals surface area (Å²) in [4.78, 5) is 0.179. The van der Waals surface area contributed by atoms with E-state index in [4.69, 9.17) is 4.18 Å². The Morgan fingerprint density at radius 3 is 1.79 bits per heavy atom. The van der Waals surface area contributed by atoms with Crippen molar-refractivity contribution in [2.75, 3.05) is 0 Å². The quantitative estimate of drug-likeness (QED) is 0.125. The molecule has 3 atom stereocenters. The van der Waals surface area contributed by atoms with Gasteiger partial charge in [-0.05, 0) is 44.2 Å². The summed E-state index contributed by atoms with van der Waals surface area (Å²) in [5.74, 6) is -0.143. The zero-order chi connectivity index (χ0) is 25.2. The van der Waals surface area contributed by atoms with Gasteiger partial charge in [0.25, 0.3) is 10.1 Å². The van der Waals surface area contributed by atoms with Gasteiger partial charge in [-0.1, -0.05) is 122 Å². The molecule has 0 N–H and O–H groups in total. The van der Waals surface area contributed by atoms with Crippen molar-refractivity contribution in [1.82, 2.24) is 0 Å². The molecule has 0 saturated carbocycles. The van der Waals surface area contributed by atoms with Gasteiger partial charge in [0, 0.05) is 0 Å². The highest BCUT2D eigenvalue weighted by atomic mass is 32.2. The number of rotatable bonds is 21. The summed E-state index contributed by atoms with van der Waals surface area (Å²) in [5, 5.41) is 0. The summed E-state index contributed by atoms with van der Waals surface area (Å²) in [6.45, 7) is 8.25. The van der Waals surface area contributed by atoms with E-state index in [0.29, 0.717) is 19.3 Å². The van der Waals surface area contributed by atoms with Crippen molar-refractivity contribution < 1.29 is 17.0 Å². The number of halogens is 1. The summed E-state index contributed by atoms with van der Waals surface area (Å²) in [6.07, 6.45) is 15.3. The second-order valence-electron chi connectivity index (χ2n) is 10.2. The van der Waals surface area contributed by atoms with Gasteiger partial charge >= 0.3 is 0 Å². The second kappa shape index (κ2) is 18.3. The molecule has 3 unspecified atom stereocenters. The first-order valence-corrected chi connectivity index (χ1v) is 15.3. The average molecular weight is 499 g/mol. The maximum atomic E-state index is 14.7. The number of benzene rings is 1. The smallest absolute Gasteiger partial charge is 0.263 e. The number of aryl methyl sites for hydroxylation is 1. The number of hydrogen-bond acceptors (Lipinski definition) is 3. The Labute approximate surface area is 210 Å². The highest BCUT2D eigenvalue weighted by Crippen LogP contribution is 2.27. The van der Waals surface area contributed by atoms with Crippen molar-refractivity contribution in [2.24, 2.45) is 5.92 Å².